The van der Waals surface area contributed by atoms with Crippen LogP contribution in [-0.2, 0) is 0 Å². The lowest BCUT2D eigenvalue weighted by atomic mass is 10.2. The molecule has 7 nitrogen and oxygen atoms in total. The standard InChI is InChI=1S/C14H15N5O2/c1-8(2)7-21-10-6-4-3-5-9(10)12-15-13-11(14(20)16-12)17-19-18-13/h3-6,8H,7H2,1-2H3,(H2,15,16,17,18,19,20). The van der Waals surface area contributed by atoms with Gasteiger partial charge in [0, 0.05) is 0 Å². The van der Waals surface area contributed by atoms with E-state index in [1.807, 2.05) is 24.3 Å². The summed E-state index contributed by atoms with van der Waals surface area (Å²) in [6.07, 6.45) is 0. The molecule has 0 saturated carbocycles. The third-order valence-corrected chi connectivity index (χ3v) is 2.91. The smallest absolute Gasteiger partial charge is 0.281 e. The number of nitrogens with one attached hydrogen (secondary N) is 2. The molecule has 108 valence electrons. The Morgan fingerprint density at radius 1 is 1.24 bits per heavy atom. The summed E-state index contributed by atoms with van der Waals surface area (Å²) in [6, 6.07) is 7.45. The highest BCUT2D eigenvalue weighted by molar-refractivity contribution is 5.72. The van der Waals surface area contributed by atoms with Crippen LogP contribution in [0.5, 0.6) is 5.75 Å². The van der Waals surface area contributed by atoms with Crippen molar-refractivity contribution in [1.82, 2.24) is 25.4 Å². The average Bonchev–Trinajstić information content (AvgIpc) is 2.94. The zero-order valence-corrected chi connectivity index (χ0v) is 11.8. The van der Waals surface area contributed by atoms with Gasteiger partial charge in [-0.25, -0.2) is 4.98 Å². The third kappa shape index (κ3) is 2.62. The molecule has 0 amide bonds. The Morgan fingerprint density at radius 2 is 2.05 bits per heavy atom. The number of nitrogens with zero attached hydrogens (tertiary/aromatic N) is 3. The normalized spacial score (nSPS) is 11.2. The van der Waals surface area contributed by atoms with E-state index in [1.54, 1.807) is 0 Å². The van der Waals surface area contributed by atoms with Crippen LogP contribution in [0.3, 0.4) is 0 Å². The van der Waals surface area contributed by atoms with Crippen molar-refractivity contribution in [1.29, 1.82) is 0 Å². The number of benzene rings is 1. The summed E-state index contributed by atoms with van der Waals surface area (Å²) >= 11 is 0. The van der Waals surface area contributed by atoms with Gasteiger partial charge in [0.2, 0.25) is 5.65 Å². The lowest BCUT2D eigenvalue weighted by Gasteiger charge is -2.12. The number of aromatic amines is 2. The molecule has 7 heteroatoms. The van der Waals surface area contributed by atoms with Crippen LogP contribution in [0.25, 0.3) is 22.6 Å². The highest BCUT2D eigenvalue weighted by Crippen LogP contribution is 2.27. The molecule has 2 heterocycles. The zero-order chi connectivity index (χ0) is 14.8. The SMILES string of the molecule is CC(C)COc1ccccc1-c1nc2n[nH]nc2c(=O)[nH]1. The number of ether oxygens (including phenoxy) is 1. The largest absolute Gasteiger partial charge is 0.493 e. The van der Waals surface area contributed by atoms with E-state index < -0.39 is 0 Å². The van der Waals surface area contributed by atoms with Crippen LogP contribution in [-0.4, -0.2) is 32.0 Å². The van der Waals surface area contributed by atoms with E-state index in [9.17, 15) is 4.79 Å². The van der Waals surface area contributed by atoms with E-state index in [0.717, 1.165) is 5.56 Å². The van der Waals surface area contributed by atoms with E-state index in [1.165, 1.54) is 0 Å². The lowest BCUT2D eigenvalue weighted by molar-refractivity contribution is 0.272. The molecule has 0 spiro atoms. The predicted molar refractivity (Wildman–Crippen MR) is 78.1 cm³/mol. The van der Waals surface area contributed by atoms with Gasteiger partial charge in [-0.1, -0.05) is 26.0 Å². The van der Waals surface area contributed by atoms with Crippen molar-refractivity contribution in [2.75, 3.05) is 6.61 Å². The predicted octanol–water partition coefficient (Wildman–Crippen LogP) is 1.74. The summed E-state index contributed by atoms with van der Waals surface area (Å²) < 4.78 is 5.78. The third-order valence-electron chi connectivity index (χ3n) is 2.91. The summed E-state index contributed by atoms with van der Waals surface area (Å²) in [5.74, 6) is 1.50. The number of fused-ring (bicyclic) bond motifs is 1. The number of H-pyrrole nitrogens is 2. The molecule has 0 saturated heterocycles. The topological polar surface area (TPSA) is 96.6 Å². The van der Waals surface area contributed by atoms with Gasteiger partial charge in [0.25, 0.3) is 5.56 Å². The number of hydrogen-bond acceptors (Lipinski definition) is 5. The maximum atomic E-state index is 12.0. The van der Waals surface area contributed by atoms with Gasteiger partial charge in [-0.3, -0.25) is 4.79 Å². The van der Waals surface area contributed by atoms with Crippen molar-refractivity contribution in [3.8, 4) is 17.1 Å². The first-order valence-electron chi connectivity index (χ1n) is 6.68. The molecule has 2 N–H and O–H groups in total. The van der Waals surface area contributed by atoms with Crippen molar-refractivity contribution < 1.29 is 4.74 Å². The maximum absolute atomic E-state index is 12.0. The van der Waals surface area contributed by atoms with Crippen molar-refractivity contribution in [3.63, 3.8) is 0 Å². The second-order valence-corrected chi connectivity index (χ2v) is 5.11. The van der Waals surface area contributed by atoms with Gasteiger partial charge in [0.1, 0.15) is 11.6 Å². The molecular weight excluding hydrogens is 270 g/mol. The highest BCUT2D eigenvalue weighted by atomic mass is 16.5. The van der Waals surface area contributed by atoms with Gasteiger partial charge in [0.05, 0.1) is 12.2 Å². The van der Waals surface area contributed by atoms with E-state index in [4.69, 9.17) is 4.74 Å². The summed E-state index contributed by atoms with van der Waals surface area (Å²) in [5.41, 5.74) is 0.870. The van der Waals surface area contributed by atoms with Crippen LogP contribution >= 0.6 is 0 Å². The first-order valence-corrected chi connectivity index (χ1v) is 6.68. The molecule has 0 unspecified atom stereocenters. The maximum Gasteiger partial charge on any atom is 0.281 e. The molecule has 3 rings (SSSR count). The Bertz CT molecular complexity index is 821. The molecule has 21 heavy (non-hydrogen) atoms. The Labute approximate surface area is 120 Å². The van der Waals surface area contributed by atoms with Crippen LogP contribution in [0.2, 0.25) is 0 Å². The van der Waals surface area contributed by atoms with Crippen LogP contribution in [0, 0.1) is 5.92 Å². The fourth-order valence-electron chi connectivity index (χ4n) is 1.93. The minimum atomic E-state index is -0.331. The first-order chi connectivity index (χ1) is 10.1. The molecule has 0 aliphatic carbocycles. The van der Waals surface area contributed by atoms with Gasteiger partial charge >= 0.3 is 0 Å². The molecule has 0 bridgehead atoms. The Balaban J connectivity index is 2.07. The van der Waals surface area contributed by atoms with Gasteiger partial charge < -0.3 is 9.72 Å². The van der Waals surface area contributed by atoms with Crippen LogP contribution < -0.4 is 10.3 Å². The van der Waals surface area contributed by atoms with Crippen molar-refractivity contribution in [2.24, 2.45) is 5.92 Å². The Morgan fingerprint density at radius 3 is 2.86 bits per heavy atom. The molecular formula is C14H15N5O2. The van der Waals surface area contributed by atoms with E-state index in [-0.39, 0.29) is 16.7 Å². The lowest BCUT2D eigenvalue weighted by Crippen LogP contribution is -2.11. The van der Waals surface area contributed by atoms with Crippen molar-refractivity contribution >= 4 is 11.2 Å². The van der Waals surface area contributed by atoms with E-state index in [0.29, 0.717) is 24.1 Å². The first kappa shape index (κ1) is 13.3. The summed E-state index contributed by atoms with van der Waals surface area (Å²) in [5, 5.41) is 10.0. The molecule has 0 radical (unpaired) electrons. The molecule has 1 aromatic carbocycles. The molecule has 0 fully saturated rings. The second-order valence-electron chi connectivity index (χ2n) is 5.11. The quantitative estimate of drug-likeness (QED) is 0.761. The number of aromatic nitrogens is 5. The Hall–Kier alpha value is -2.70. The molecule has 3 aromatic rings. The van der Waals surface area contributed by atoms with Crippen molar-refractivity contribution in [2.45, 2.75) is 13.8 Å². The minimum Gasteiger partial charge on any atom is -0.493 e. The number of rotatable bonds is 4. The number of hydrogen-bond donors (Lipinski definition) is 2. The summed E-state index contributed by atoms with van der Waals surface area (Å²) in [7, 11) is 0. The monoisotopic (exact) mass is 285 g/mol. The van der Waals surface area contributed by atoms with Crippen LogP contribution in [0.15, 0.2) is 29.1 Å². The van der Waals surface area contributed by atoms with Crippen LogP contribution in [0.1, 0.15) is 13.8 Å². The van der Waals surface area contributed by atoms with Crippen LogP contribution in [0.4, 0.5) is 0 Å². The molecule has 0 atom stereocenters. The number of para-hydroxylation sites is 1. The molecule has 2 aromatic heterocycles. The minimum absolute atomic E-state index is 0.194. The summed E-state index contributed by atoms with van der Waals surface area (Å²) in [6.45, 7) is 4.74. The zero-order valence-electron chi connectivity index (χ0n) is 11.8. The summed E-state index contributed by atoms with van der Waals surface area (Å²) in [4.78, 5) is 19.0. The molecule has 0 aliphatic rings. The fraction of sp³-hybridized carbons (Fsp3) is 0.286. The van der Waals surface area contributed by atoms with Gasteiger partial charge in [0.15, 0.2) is 5.52 Å². The van der Waals surface area contributed by atoms with Gasteiger partial charge in [-0.2, -0.15) is 5.21 Å². The molecule has 0 aliphatic heterocycles. The average molecular weight is 285 g/mol. The van der Waals surface area contributed by atoms with Gasteiger partial charge in [-0.05, 0) is 18.1 Å². The van der Waals surface area contributed by atoms with Crippen molar-refractivity contribution in [3.05, 3.63) is 34.6 Å². The second kappa shape index (κ2) is 5.35. The fourth-order valence-corrected chi connectivity index (χ4v) is 1.93. The van der Waals surface area contributed by atoms with Gasteiger partial charge in [-0.15, -0.1) is 10.2 Å². The Kier molecular flexibility index (Phi) is 3.39. The van der Waals surface area contributed by atoms with E-state index >= 15 is 0 Å². The highest BCUT2D eigenvalue weighted by Gasteiger charge is 2.13. The van der Waals surface area contributed by atoms with E-state index in [2.05, 4.69) is 39.2 Å².